The van der Waals surface area contributed by atoms with E-state index >= 15 is 0 Å². The van der Waals surface area contributed by atoms with Gasteiger partial charge >= 0.3 is 6.09 Å². The van der Waals surface area contributed by atoms with Crippen molar-refractivity contribution in [1.82, 2.24) is 5.32 Å². The maximum Gasteiger partial charge on any atom is 0.408 e. The number of hydrogen-bond donors (Lipinski definition) is 3. The number of amides is 1. The van der Waals surface area contributed by atoms with Gasteiger partial charge in [0, 0.05) is 5.56 Å². The monoisotopic (exact) mass is 415 g/mol. The van der Waals surface area contributed by atoms with Crippen molar-refractivity contribution in [1.29, 1.82) is 0 Å². The fraction of sp³-hybridized carbons (Fsp3) is 0.364. The second-order valence-corrected chi connectivity index (χ2v) is 8.64. The van der Waals surface area contributed by atoms with Gasteiger partial charge in [-0.1, -0.05) is 42.5 Å². The normalized spacial score (nSPS) is 11.5. The Morgan fingerprint density at radius 1 is 1.03 bits per heavy atom. The van der Waals surface area contributed by atoms with Crippen LogP contribution in [0, 0.1) is 0 Å². The highest BCUT2D eigenvalue weighted by Gasteiger charge is 2.30. The largest absolute Gasteiger partial charge is 0.486 e. The van der Waals surface area contributed by atoms with E-state index in [9.17, 15) is 4.79 Å². The molecule has 156 valence electrons. The number of benzene rings is 2. The lowest BCUT2D eigenvalue weighted by molar-refractivity contribution is 0.0469. The molecule has 0 aliphatic rings. The van der Waals surface area contributed by atoms with Gasteiger partial charge in [-0.25, -0.2) is 4.79 Å². The van der Waals surface area contributed by atoms with Gasteiger partial charge < -0.3 is 25.8 Å². The number of para-hydroxylation sites is 1. The Balaban J connectivity index is 2.35. The van der Waals surface area contributed by atoms with Crippen molar-refractivity contribution >= 4 is 29.1 Å². The summed E-state index contributed by atoms with van der Waals surface area (Å²) < 4.78 is 11.6. The van der Waals surface area contributed by atoms with E-state index in [1.165, 1.54) is 0 Å². The smallest absolute Gasteiger partial charge is 0.408 e. The average Bonchev–Trinajstić information content (AvgIpc) is 2.58. The van der Waals surface area contributed by atoms with Gasteiger partial charge in [0.1, 0.15) is 18.0 Å². The SMILES string of the molecule is CC(C)(C)OC(=O)NC(C)(C)c1cccc(NC(N)=S)c1OCc1ccccc1. The van der Waals surface area contributed by atoms with Crippen LogP contribution in [0.3, 0.4) is 0 Å². The molecule has 0 bridgehead atoms. The zero-order valence-electron chi connectivity index (χ0n) is 17.5. The minimum absolute atomic E-state index is 0.129. The molecule has 0 aliphatic carbocycles. The third kappa shape index (κ3) is 6.94. The number of anilines is 1. The summed E-state index contributed by atoms with van der Waals surface area (Å²) in [5, 5.41) is 6.00. The maximum absolute atomic E-state index is 12.4. The molecule has 0 spiro atoms. The summed E-state index contributed by atoms with van der Waals surface area (Å²) in [4.78, 5) is 12.4. The van der Waals surface area contributed by atoms with Crippen LogP contribution in [0.2, 0.25) is 0 Å². The summed E-state index contributed by atoms with van der Waals surface area (Å²) >= 11 is 5.00. The number of ether oxygens (including phenoxy) is 2. The summed E-state index contributed by atoms with van der Waals surface area (Å²) in [5.41, 5.74) is 6.72. The Kier molecular flexibility index (Phi) is 7.08. The quantitative estimate of drug-likeness (QED) is 0.594. The molecule has 4 N–H and O–H groups in total. The van der Waals surface area contributed by atoms with Crippen molar-refractivity contribution in [3.63, 3.8) is 0 Å². The van der Waals surface area contributed by atoms with Gasteiger partial charge in [-0.05, 0) is 58.5 Å². The number of alkyl carbamates (subject to hydrolysis) is 1. The van der Waals surface area contributed by atoms with Crippen LogP contribution in [-0.4, -0.2) is 16.8 Å². The first-order valence-electron chi connectivity index (χ1n) is 9.36. The molecule has 6 nitrogen and oxygen atoms in total. The van der Waals surface area contributed by atoms with Crippen molar-refractivity contribution in [2.24, 2.45) is 5.73 Å². The highest BCUT2D eigenvalue weighted by Crippen LogP contribution is 2.37. The van der Waals surface area contributed by atoms with E-state index in [2.05, 4.69) is 10.6 Å². The van der Waals surface area contributed by atoms with Crippen molar-refractivity contribution < 1.29 is 14.3 Å². The number of nitrogens with two attached hydrogens (primary N) is 1. The topological polar surface area (TPSA) is 85.6 Å². The summed E-state index contributed by atoms with van der Waals surface area (Å²) in [5.74, 6) is 0.560. The van der Waals surface area contributed by atoms with Crippen LogP contribution in [0.5, 0.6) is 5.75 Å². The molecule has 0 aromatic heterocycles. The lowest BCUT2D eigenvalue weighted by Crippen LogP contribution is -2.44. The lowest BCUT2D eigenvalue weighted by atomic mass is 9.92. The molecule has 0 fully saturated rings. The van der Waals surface area contributed by atoms with Crippen LogP contribution in [0.4, 0.5) is 10.5 Å². The molecule has 0 heterocycles. The Morgan fingerprint density at radius 3 is 2.28 bits per heavy atom. The molecule has 0 saturated heterocycles. The fourth-order valence-corrected chi connectivity index (χ4v) is 2.88. The zero-order chi connectivity index (χ0) is 21.7. The number of rotatable bonds is 6. The zero-order valence-corrected chi connectivity index (χ0v) is 18.4. The molecule has 2 rings (SSSR count). The predicted octanol–water partition coefficient (Wildman–Crippen LogP) is 4.68. The second kappa shape index (κ2) is 9.13. The molecule has 0 aliphatic heterocycles. The number of nitrogens with one attached hydrogen (secondary N) is 2. The first kappa shape index (κ1) is 22.5. The number of carbonyl (C=O) groups excluding carboxylic acids is 1. The van der Waals surface area contributed by atoms with Crippen LogP contribution in [0.1, 0.15) is 45.7 Å². The molecular formula is C22H29N3O3S. The highest BCUT2D eigenvalue weighted by molar-refractivity contribution is 7.80. The minimum atomic E-state index is -0.776. The molecule has 0 atom stereocenters. The lowest BCUT2D eigenvalue weighted by Gasteiger charge is -2.31. The van der Waals surface area contributed by atoms with E-state index in [1.807, 2.05) is 83.1 Å². The molecule has 0 unspecified atom stereocenters. The highest BCUT2D eigenvalue weighted by atomic mass is 32.1. The van der Waals surface area contributed by atoms with E-state index in [1.54, 1.807) is 0 Å². The van der Waals surface area contributed by atoms with Crippen LogP contribution in [-0.2, 0) is 16.9 Å². The van der Waals surface area contributed by atoms with Crippen molar-refractivity contribution in [2.75, 3.05) is 5.32 Å². The molecule has 29 heavy (non-hydrogen) atoms. The summed E-state index contributed by atoms with van der Waals surface area (Å²) in [6, 6.07) is 15.4. The number of hydrogen-bond acceptors (Lipinski definition) is 4. The van der Waals surface area contributed by atoms with Gasteiger partial charge in [0.15, 0.2) is 5.11 Å². The van der Waals surface area contributed by atoms with E-state index in [-0.39, 0.29) is 5.11 Å². The summed E-state index contributed by atoms with van der Waals surface area (Å²) in [6.45, 7) is 9.58. The molecular weight excluding hydrogens is 386 g/mol. The Labute approximate surface area is 177 Å². The third-order valence-corrected chi connectivity index (χ3v) is 4.09. The Hall–Kier alpha value is -2.80. The Morgan fingerprint density at radius 2 is 1.69 bits per heavy atom. The third-order valence-electron chi connectivity index (χ3n) is 3.99. The van der Waals surface area contributed by atoms with Crippen LogP contribution in [0.15, 0.2) is 48.5 Å². The molecule has 1 amide bonds. The predicted molar refractivity (Wildman–Crippen MR) is 120 cm³/mol. The van der Waals surface area contributed by atoms with Gasteiger partial charge in [0.05, 0.1) is 11.2 Å². The van der Waals surface area contributed by atoms with Crippen LogP contribution in [0.25, 0.3) is 0 Å². The van der Waals surface area contributed by atoms with Gasteiger partial charge in [0.2, 0.25) is 0 Å². The van der Waals surface area contributed by atoms with Crippen molar-refractivity contribution in [3.8, 4) is 5.75 Å². The number of thiocarbonyl (C=S) groups is 1. The molecule has 0 radical (unpaired) electrons. The van der Waals surface area contributed by atoms with Crippen molar-refractivity contribution in [3.05, 3.63) is 59.7 Å². The minimum Gasteiger partial charge on any atom is -0.486 e. The van der Waals surface area contributed by atoms with Gasteiger partial charge in [-0.15, -0.1) is 0 Å². The summed E-state index contributed by atoms with van der Waals surface area (Å²) in [6.07, 6.45) is -0.510. The Bertz CT molecular complexity index is 861. The standard InChI is InChI=1S/C22H29N3O3S/c1-21(2,3)28-20(26)25-22(4,5)16-12-9-13-17(24-19(23)29)18(16)27-14-15-10-7-6-8-11-15/h6-13H,14H2,1-5H3,(H,25,26)(H3,23,24,29). The van der Waals surface area contributed by atoms with Gasteiger partial charge in [0.25, 0.3) is 0 Å². The van der Waals surface area contributed by atoms with Crippen LogP contribution < -0.4 is 21.1 Å². The van der Waals surface area contributed by atoms with Gasteiger partial charge in [-0.3, -0.25) is 0 Å². The fourth-order valence-electron chi connectivity index (χ4n) is 2.77. The van der Waals surface area contributed by atoms with Gasteiger partial charge in [-0.2, -0.15) is 0 Å². The van der Waals surface area contributed by atoms with Crippen molar-refractivity contribution in [2.45, 2.75) is 52.4 Å². The maximum atomic E-state index is 12.4. The molecule has 0 saturated carbocycles. The second-order valence-electron chi connectivity index (χ2n) is 8.20. The van der Waals surface area contributed by atoms with E-state index in [0.29, 0.717) is 18.0 Å². The molecule has 2 aromatic carbocycles. The van der Waals surface area contributed by atoms with E-state index in [4.69, 9.17) is 27.4 Å². The first-order valence-corrected chi connectivity index (χ1v) is 9.76. The average molecular weight is 416 g/mol. The molecule has 2 aromatic rings. The van der Waals surface area contributed by atoms with Crippen LogP contribution >= 0.6 is 12.2 Å². The van der Waals surface area contributed by atoms with E-state index in [0.717, 1.165) is 11.1 Å². The summed E-state index contributed by atoms with van der Waals surface area (Å²) in [7, 11) is 0. The van der Waals surface area contributed by atoms with E-state index < -0.39 is 17.2 Å². The first-order chi connectivity index (χ1) is 13.5. The number of carbonyl (C=O) groups is 1. The molecule has 7 heteroatoms.